The van der Waals surface area contributed by atoms with E-state index in [9.17, 15) is 8.42 Å². The van der Waals surface area contributed by atoms with Crippen LogP contribution >= 0.6 is 0 Å². The van der Waals surface area contributed by atoms with Crippen LogP contribution in [0.4, 0.5) is 0 Å². The van der Waals surface area contributed by atoms with E-state index in [4.69, 9.17) is 0 Å². The van der Waals surface area contributed by atoms with E-state index in [1.165, 1.54) is 5.56 Å². The van der Waals surface area contributed by atoms with Crippen molar-refractivity contribution in [2.24, 2.45) is 0 Å². The third kappa shape index (κ3) is 3.19. The second kappa shape index (κ2) is 6.10. The van der Waals surface area contributed by atoms with E-state index < -0.39 is 10.0 Å². The van der Waals surface area contributed by atoms with Gasteiger partial charge in [-0.05, 0) is 62.3 Å². The van der Waals surface area contributed by atoms with Crippen LogP contribution < -0.4 is 4.72 Å². The third-order valence-electron chi connectivity index (χ3n) is 4.54. The molecule has 3 rings (SSSR count). The maximum Gasteiger partial charge on any atom is 0.241 e. The summed E-state index contributed by atoms with van der Waals surface area (Å²) in [4.78, 5) is 0.422. The van der Waals surface area contributed by atoms with E-state index in [-0.39, 0.29) is 6.04 Å². The minimum Gasteiger partial charge on any atom is -0.207 e. The molecule has 0 aliphatic heterocycles. The van der Waals surface area contributed by atoms with Crippen LogP contribution in [0.1, 0.15) is 46.7 Å². The van der Waals surface area contributed by atoms with Gasteiger partial charge in [-0.2, -0.15) is 0 Å². The van der Waals surface area contributed by atoms with E-state index in [0.717, 1.165) is 41.5 Å². The largest absolute Gasteiger partial charge is 0.241 e. The van der Waals surface area contributed by atoms with Crippen LogP contribution in [0.5, 0.6) is 0 Å². The van der Waals surface area contributed by atoms with Crippen LogP contribution in [-0.4, -0.2) is 8.42 Å². The Labute approximate surface area is 138 Å². The zero-order valence-electron chi connectivity index (χ0n) is 13.9. The normalized spacial score (nSPS) is 17.8. The van der Waals surface area contributed by atoms with Gasteiger partial charge in [0.2, 0.25) is 10.0 Å². The molecule has 23 heavy (non-hydrogen) atoms. The van der Waals surface area contributed by atoms with Gasteiger partial charge in [0, 0.05) is 6.04 Å². The van der Waals surface area contributed by atoms with Gasteiger partial charge in [-0.25, -0.2) is 13.1 Å². The molecule has 0 bridgehead atoms. The molecule has 0 saturated heterocycles. The molecule has 1 aliphatic carbocycles. The fourth-order valence-corrected chi connectivity index (χ4v) is 5.42. The van der Waals surface area contributed by atoms with Crippen molar-refractivity contribution in [2.75, 3.05) is 0 Å². The highest BCUT2D eigenvalue weighted by Gasteiger charge is 2.27. The standard InChI is InChI=1S/C19H23NO2S/c1-13-11-14(2)19(15(3)12-13)23(21,22)20-18-10-6-8-16-7-4-5-9-17(16)18/h4-5,7,9,11-12,18,20H,6,8,10H2,1-3H3/t18-/m1/s1. The summed E-state index contributed by atoms with van der Waals surface area (Å²) in [6, 6.07) is 11.9. The molecule has 0 fully saturated rings. The number of hydrogen-bond acceptors (Lipinski definition) is 2. The van der Waals surface area contributed by atoms with E-state index in [1.54, 1.807) is 0 Å². The predicted octanol–water partition coefficient (Wildman–Crippen LogP) is 3.97. The molecule has 1 atom stereocenters. The SMILES string of the molecule is Cc1cc(C)c(S(=O)(=O)N[C@@H]2CCCc3ccccc32)c(C)c1. The number of benzene rings is 2. The number of nitrogens with one attached hydrogen (secondary N) is 1. The molecule has 0 saturated carbocycles. The molecule has 0 unspecified atom stereocenters. The summed E-state index contributed by atoms with van der Waals surface area (Å²) in [5.41, 5.74) is 5.06. The number of rotatable bonds is 3. The van der Waals surface area contributed by atoms with E-state index in [2.05, 4.69) is 10.8 Å². The highest BCUT2D eigenvalue weighted by molar-refractivity contribution is 7.89. The monoisotopic (exact) mass is 329 g/mol. The second-order valence-corrected chi connectivity index (χ2v) is 8.14. The van der Waals surface area contributed by atoms with Gasteiger partial charge in [-0.3, -0.25) is 0 Å². The van der Waals surface area contributed by atoms with Crippen molar-refractivity contribution >= 4 is 10.0 Å². The Balaban J connectivity index is 1.98. The fourth-order valence-electron chi connectivity index (χ4n) is 3.71. The van der Waals surface area contributed by atoms with Crippen LogP contribution in [0.2, 0.25) is 0 Å². The van der Waals surface area contributed by atoms with Crippen LogP contribution in [0, 0.1) is 20.8 Å². The molecule has 0 amide bonds. The van der Waals surface area contributed by atoms with Gasteiger partial charge in [0.15, 0.2) is 0 Å². The lowest BCUT2D eigenvalue weighted by Gasteiger charge is -2.27. The highest BCUT2D eigenvalue weighted by atomic mass is 32.2. The lowest BCUT2D eigenvalue weighted by atomic mass is 9.88. The van der Waals surface area contributed by atoms with Gasteiger partial charge in [0.25, 0.3) is 0 Å². The molecule has 3 nitrogen and oxygen atoms in total. The zero-order valence-corrected chi connectivity index (χ0v) is 14.7. The average Bonchev–Trinajstić information content (AvgIpc) is 2.45. The Morgan fingerprint density at radius 2 is 1.70 bits per heavy atom. The lowest BCUT2D eigenvalue weighted by Crippen LogP contribution is -2.32. The molecule has 0 spiro atoms. The quantitative estimate of drug-likeness (QED) is 0.926. The maximum absolute atomic E-state index is 13.0. The Bertz CT molecular complexity index is 817. The van der Waals surface area contributed by atoms with Crippen LogP contribution in [-0.2, 0) is 16.4 Å². The molecule has 0 radical (unpaired) electrons. The summed E-state index contributed by atoms with van der Waals surface area (Å²) < 4.78 is 28.8. The topological polar surface area (TPSA) is 46.2 Å². The highest BCUT2D eigenvalue weighted by Crippen LogP contribution is 2.32. The van der Waals surface area contributed by atoms with Crippen molar-refractivity contribution in [1.29, 1.82) is 0 Å². The summed E-state index contributed by atoms with van der Waals surface area (Å²) in [6.07, 6.45) is 2.88. The molecule has 2 aromatic rings. The smallest absolute Gasteiger partial charge is 0.207 e. The van der Waals surface area contributed by atoms with Gasteiger partial charge < -0.3 is 0 Å². The average molecular weight is 329 g/mol. The Morgan fingerprint density at radius 3 is 2.39 bits per heavy atom. The Hall–Kier alpha value is -1.65. The van der Waals surface area contributed by atoms with Gasteiger partial charge in [-0.1, -0.05) is 42.0 Å². The van der Waals surface area contributed by atoms with Gasteiger partial charge in [0.05, 0.1) is 4.90 Å². The number of hydrogen-bond donors (Lipinski definition) is 1. The molecule has 0 aromatic heterocycles. The predicted molar refractivity (Wildman–Crippen MR) is 93.1 cm³/mol. The van der Waals surface area contributed by atoms with Crippen LogP contribution in [0.15, 0.2) is 41.3 Å². The lowest BCUT2D eigenvalue weighted by molar-refractivity contribution is 0.507. The Morgan fingerprint density at radius 1 is 1.04 bits per heavy atom. The first kappa shape index (κ1) is 16.2. The van der Waals surface area contributed by atoms with Crippen LogP contribution in [0.3, 0.4) is 0 Å². The first-order valence-corrected chi connectivity index (χ1v) is 9.55. The molecule has 2 aromatic carbocycles. The van der Waals surface area contributed by atoms with Crippen molar-refractivity contribution in [3.05, 3.63) is 64.2 Å². The summed E-state index contributed by atoms with van der Waals surface area (Å²) >= 11 is 0. The molecule has 0 heterocycles. The first-order chi connectivity index (χ1) is 10.9. The minimum absolute atomic E-state index is 0.134. The maximum atomic E-state index is 13.0. The number of aryl methyl sites for hydroxylation is 4. The number of fused-ring (bicyclic) bond motifs is 1. The molecule has 1 N–H and O–H groups in total. The fraction of sp³-hybridized carbons (Fsp3) is 0.368. The van der Waals surface area contributed by atoms with Gasteiger partial charge in [-0.15, -0.1) is 0 Å². The summed E-state index contributed by atoms with van der Waals surface area (Å²) in [7, 11) is -3.53. The summed E-state index contributed by atoms with van der Waals surface area (Å²) in [5, 5.41) is 0. The van der Waals surface area contributed by atoms with E-state index >= 15 is 0 Å². The van der Waals surface area contributed by atoms with Crippen molar-refractivity contribution in [3.8, 4) is 0 Å². The summed E-state index contributed by atoms with van der Waals surface area (Å²) in [6.45, 7) is 5.72. The van der Waals surface area contributed by atoms with Gasteiger partial charge in [0.1, 0.15) is 0 Å². The van der Waals surface area contributed by atoms with Crippen molar-refractivity contribution < 1.29 is 8.42 Å². The van der Waals surface area contributed by atoms with Gasteiger partial charge >= 0.3 is 0 Å². The second-order valence-electron chi connectivity index (χ2n) is 6.49. The van der Waals surface area contributed by atoms with E-state index in [0.29, 0.717) is 4.90 Å². The zero-order chi connectivity index (χ0) is 16.6. The molecule has 122 valence electrons. The number of sulfonamides is 1. The summed E-state index contributed by atoms with van der Waals surface area (Å²) in [5.74, 6) is 0. The molecular formula is C19H23NO2S. The van der Waals surface area contributed by atoms with Crippen molar-refractivity contribution in [1.82, 2.24) is 4.72 Å². The van der Waals surface area contributed by atoms with Crippen molar-refractivity contribution in [3.63, 3.8) is 0 Å². The molecule has 1 aliphatic rings. The minimum atomic E-state index is -3.53. The van der Waals surface area contributed by atoms with E-state index in [1.807, 2.05) is 51.1 Å². The Kier molecular flexibility index (Phi) is 4.30. The van der Waals surface area contributed by atoms with Crippen LogP contribution in [0.25, 0.3) is 0 Å². The molecular weight excluding hydrogens is 306 g/mol. The first-order valence-electron chi connectivity index (χ1n) is 8.06. The molecule has 4 heteroatoms. The third-order valence-corrected chi connectivity index (χ3v) is 6.32. The van der Waals surface area contributed by atoms with Crippen molar-refractivity contribution in [2.45, 2.75) is 51.0 Å².